The average molecular weight is 316 g/mol. The summed E-state index contributed by atoms with van der Waals surface area (Å²) in [4.78, 5) is 47.9. The van der Waals surface area contributed by atoms with Gasteiger partial charge in [-0.25, -0.2) is 9.97 Å². The highest BCUT2D eigenvalue weighted by molar-refractivity contribution is 5.70. The Kier molecular flexibility index (Phi) is 3.46. The Balaban J connectivity index is 0.000000136. The van der Waals surface area contributed by atoms with E-state index in [2.05, 4.69) is 45.2 Å². The number of hydrogen-bond donors (Lipinski definition) is 6. The molecule has 0 atom stereocenters. The summed E-state index contributed by atoms with van der Waals surface area (Å²) in [7, 11) is 1.68. The van der Waals surface area contributed by atoms with E-state index < -0.39 is 0 Å². The zero-order valence-corrected chi connectivity index (χ0v) is 11.8. The third-order valence-electron chi connectivity index (χ3n) is 2.85. The van der Waals surface area contributed by atoms with Gasteiger partial charge >= 0.3 is 0 Å². The van der Waals surface area contributed by atoms with E-state index in [1.54, 1.807) is 7.05 Å². The first kappa shape index (κ1) is 14.2. The molecule has 7 N–H and O–H groups in total. The van der Waals surface area contributed by atoms with E-state index in [0.717, 1.165) is 0 Å². The van der Waals surface area contributed by atoms with Crippen molar-refractivity contribution in [2.75, 3.05) is 18.1 Å². The Hall–Kier alpha value is -3.70. The van der Waals surface area contributed by atoms with Crippen LogP contribution in [0.2, 0.25) is 0 Å². The molecule has 0 saturated carbocycles. The molecule has 0 spiro atoms. The fourth-order valence-corrected chi connectivity index (χ4v) is 1.82. The molecule has 0 saturated heterocycles. The molecule has 4 aromatic rings. The molecule has 0 amide bonds. The van der Waals surface area contributed by atoms with Gasteiger partial charge in [-0.05, 0) is 0 Å². The van der Waals surface area contributed by atoms with E-state index in [4.69, 9.17) is 5.73 Å². The average Bonchev–Trinajstić information content (AvgIpc) is 3.16. The van der Waals surface area contributed by atoms with Crippen molar-refractivity contribution in [3.63, 3.8) is 0 Å². The van der Waals surface area contributed by atoms with Gasteiger partial charge in [-0.3, -0.25) is 19.6 Å². The molecule has 118 valence electrons. The Morgan fingerprint density at radius 3 is 2.13 bits per heavy atom. The van der Waals surface area contributed by atoms with Crippen LogP contribution in [0.5, 0.6) is 0 Å². The minimum absolute atomic E-state index is 0.0783. The second-order valence-corrected chi connectivity index (χ2v) is 4.32. The number of H-pyrrole nitrogens is 4. The molecule has 0 fully saturated rings. The highest BCUT2D eigenvalue weighted by Crippen LogP contribution is 2.01. The minimum atomic E-state index is -0.301. The fraction of sp³-hybridized carbons (Fsp3) is 0.0909. The van der Waals surface area contributed by atoms with Crippen molar-refractivity contribution in [3.8, 4) is 0 Å². The molecule has 12 heteroatoms. The van der Waals surface area contributed by atoms with Gasteiger partial charge in [0.05, 0.1) is 12.7 Å². The summed E-state index contributed by atoms with van der Waals surface area (Å²) in [5.74, 6) is 0.495. The summed E-state index contributed by atoms with van der Waals surface area (Å²) >= 11 is 0. The lowest BCUT2D eigenvalue weighted by molar-refractivity contribution is 1.14. The predicted molar refractivity (Wildman–Crippen MR) is 83.0 cm³/mol. The Labute approximate surface area is 126 Å². The summed E-state index contributed by atoms with van der Waals surface area (Å²) in [5, 5.41) is 2.73. The second kappa shape index (κ2) is 5.59. The van der Waals surface area contributed by atoms with E-state index in [1.807, 2.05) is 0 Å². The van der Waals surface area contributed by atoms with Gasteiger partial charge in [-0.1, -0.05) is 0 Å². The lowest BCUT2D eigenvalue weighted by atomic mass is 10.5. The number of hydrogen-bond acceptors (Lipinski definition) is 8. The van der Waals surface area contributed by atoms with Crippen LogP contribution in [0, 0.1) is 0 Å². The molecular weight excluding hydrogens is 304 g/mol. The first-order valence-electron chi connectivity index (χ1n) is 6.38. The molecular formula is C11H12N10O2. The van der Waals surface area contributed by atoms with Crippen LogP contribution in [0.3, 0.4) is 0 Å². The van der Waals surface area contributed by atoms with Crippen LogP contribution in [0.4, 0.5) is 11.9 Å². The van der Waals surface area contributed by atoms with Gasteiger partial charge in [0.25, 0.3) is 11.1 Å². The van der Waals surface area contributed by atoms with Crippen molar-refractivity contribution in [1.82, 2.24) is 39.9 Å². The van der Waals surface area contributed by atoms with Crippen molar-refractivity contribution in [2.45, 2.75) is 0 Å². The largest absolute Gasteiger partial charge is 0.369 e. The Bertz CT molecular complexity index is 1070. The molecule has 4 heterocycles. The van der Waals surface area contributed by atoms with Crippen molar-refractivity contribution in [1.29, 1.82) is 0 Å². The zero-order valence-electron chi connectivity index (χ0n) is 11.8. The third kappa shape index (κ3) is 2.72. The standard InChI is InChI=1S/C6H7N5O.C5H5N5O/c1-7-6-10-4-3(5(12)11-6)8-2-9-4;6-5-9-3-2(4(11)10-5)7-1-8-3/h2H,1H3,(H3,7,8,9,10,11,12);1H,(H4,6,7,8,9,10,11). The normalized spacial score (nSPS) is 10.5. The molecule has 4 rings (SSSR count). The van der Waals surface area contributed by atoms with E-state index in [1.165, 1.54) is 12.7 Å². The lowest BCUT2D eigenvalue weighted by Gasteiger charge is -1.95. The number of nitrogens with one attached hydrogen (secondary N) is 5. The van der Waals surface area contributed by atoms with Gasteiger partial charge in [0.2, 0.25) is 11.9 Å². The Morgan fingerprint density at radius 1 is 0.957 bits per heavy atom. The lowest BCUT2D eigenvalue weighted by Crippen LogP contribution is -2.11. The van der Waals surface area contributed by atoms with Crippen LogP contribution >= 0.6 is 0 Å². The molecule has 23 heavy (non-hydrogen) atoms. The van der Waals surface area contributed by atoms with Crippen molar-refractivity contribution >= 4 is 34.2 Å². The number of aromatic nitrogens is 8. The smallest absolute Gasteiger partial charge is 0.278 e. The number of rotatable bonds is 1. The predicted octanol–water partition coefficient (Wildman–Crippen LogP) is -1.08. The number of anilines is 2. The number of fused-ring (bicyclic) bond motifs is 2. The zero-order chi connectivity index (χ0) is 16.4. The van der Waals surface area contributed by atoms with Gasteiger partial charge in [-0.15, -0.1) is 0 Å². The SMILES string of the molecule is CNc1nc2nc[nH]c2c(=O)[nH]1.Nc1nc2nc[nH]c2c(=O)[nH]1. The van der Waals surface area contributed by atoms with Gasteiger partial charge in [0.1, 0.15) is 0 Å². The molecule has 12 nitrogen and oxygen atoms in total. The van der Waals surface area contributed by atoms with Crippen LogP contribution in [-0.2, 0) is 0 Å². The third-order valence-corrected chi connectivity index (χ3v) is 2.85. The number of nitrogens with zero attached hydrogens (tertiary/aromatic N) is 4. The van der Waals surface area contributed by atoms with E-state index in [-0.39, 0.29) is 17.1 Å². The molecule has 0 aromatic carbocycles. The monoisotopic (exact) mass is 316 g/mol. The first-order chi connectivity index (χ1) is 11.1. The van der Waals surface area contributed by atoms with Crippen molar-refractivity contribution in [3.05, 3.63) is 33.4 Å². The van der Waals surface area contributed by atoms with Crippen LogP contribution in [-0.4, -0.2) is 46.9 Å². The number of imidazole rings is 2. The molecule has 0 bridgehead atoms. The first-order valence-corrected chi connectivity index (χ1v) is 6.38. The number of nitrogen functional groups attached to an aromatic ring is 1. The fourth-order valence-electron chi connectivity index (χ4n) is 1.82. The summed E-state index contributed by atoms with van der Waals surface area (Å²) in [6.07, 6.45) is 2.83. The Morgan fingerprint density at radius 2 is 1.52 bits per heavy atom. The highest BCUT2D eigenvalue weighted by Gasteiger charge is 2.03. The number of nitrogens with two attached hydrogens (primary N) is 1. The van der Waals surface area contributed by atoms with Crippen LogP contribution in [0.15, 0.2) is 22.2 Å². The van der Waals surface area contributed by atoms with E-state index in [0.29, 0.717) is 28.3 Å². The second-order valence-electron chi connectivity index (χ2n) is 4.32. The van der Waals surface area contributed by atoms with Crippen molar-refractivity contribution < 1.29 is 0 Å². The maximum atomic E-state index is 11.2. The van der Waals surface area contributed by atoms with Gasteiger partial charge in [0, 0.05) is 7.05 Å². The topological polar surface area (TPSA) is 187 Å². The summed E-state index contributed by atoms with van der Waals surface area (Å²) in [6.45, 7) is 0. The molecule has 0 aliphatic carbocycles. The molecule has 0 unspecified atom stereocenters. The van der Waals surface area contributed by atoms with Crippen LogP contribution in [0.1, 0.15) is 0 Å². The van der Waals surface area contributed by atoms with E-state index >= 15 is 0 Å². The van der Waals surface area contributed by atoms with Gasteiger partial charge < -0.3 is 21.0 Å². The number of aromatic amines is 4. The highest BCUT2D eigenvalue weighted by atomic mass is 16.1. The molecule has 0 aliphatic rings. The van der Waals surface area contributed by atoms with Gasteiger partial charge in [0.15, 0.2) is 22.3 Å². The maximum Gasteiger partial charge on any atom is 0.278 e. The van der Waals surface area contributed by atoms with E-state index in [9.17, 15) is 9.59 Å². The summed E-state index contributed by atoms with van der Waals surface area (Å²) in [6, 6.07) is 0. The maximum absolute atomic E-state index is 11.2. The molecule has 0 radical (unpaired) electrons. The van der Waals surface area contributed by atoms with Crippen LogP contribution in [0.25, 0.3) is 22.3 Å². The van der Waals surface area contributed by atoms with Gasteiger partial charge in [-0.2, -0.15) is 9.97 Å². The van der Waals surface area contributed by atoms with Crippen LogP contribution < -0.4 is 22.2 Å². The van der Waals surface area contributed by atoms with Crippen molar-refractivity contribution in [2.24, 2.45) is 0 Å². The summed E-state index contributed by atoms with van der Waals surface area (Å²) in [5.41, 5.74) is 6.24. The molecule has 0 aliphatic heterocycles. The minimum Gasteiger partial charge on any atom is -0.369 e. The summed E-state index contributed by atoms with van der Waals surface area (Å²) < 4.78 is 0. The molecule has 4 aromatic heterocycles. The quantitative estimate of drug-likeness (QED) is 0.255.